The van der Waals surface area contributed by atoms with E-state index in [-0.39, 0.29) is 11.1 Å². The fourth-order valence-electron chi connectivity index (χ4n) is 5.73. The van der Waals surface area contributed by atoms with E-state index in [1.165, 1.54) is 62.3 Å². The van der Waals surface area contributed by atoms with E-state index in [0.717, 1.165) is 30.2 Å². The molecule has 0 aliphatic heterocycles. The normalized spacial score (nSPS) is 17.6. The summed E-state index contributed by atoms with van der Waals surface area (Å²) in [6, 6.07) is 15.6. The number of aryl methyl sites for hydroxylation is 3. The van der Waals surface area contributed by atoms with Crippen molar-refractivity contribution in [3.05, 3.63) is 101 Å². The molecule has 4 rings (SSSR count). The highest BCUT2D eigenvalue weighted by Gasteiger charge is 2.19. The molecule has 39 heavy (non-hydrogen) atoms. The van der Waals surface area contributed by atoms with Gasteiger partial charge in [0.15, 0.2) is 11.6 Å². The van der Waals surface area contributed by atoms with Crippen molar-refractivity contribution >= 4 is 0 Å². The lowest BCUT2D eigenvalue weighted by molar-refractivity contribution is 0.294. The van der Waals surface area contributed by atoms with Crippen LogP contribution in [0.25, 0.3) is 11.1 Å². The fourth-order valence-corrected chi connectivity index (χ4v) is 5.73. The largest absolute Gasteiger partial charge is 0.494 e. The maximum atomic E-state index is 14.9. The first kappa shape index (κ1) is 29.0. The van der Waals surface area contributed by atoms with E-state index in [9.17, 15) is 13.2 Å². The van der Waals surface area contributed by atoms with Gasteiger partial charge in [0.05, 0.1) is 6.61 Å². The Kier molecular flexibility index (Phi) is 10.7. The first-order valence-corrected chi connectivity index (χ1v) is 14.6. The van der Waals surface area contributed by atoms with E-state index < -0.39 is 17.5 Å². The molecule has 0 unspecified atom stereocenters. The number of hydrogen-bond acceptors (Lipinski definition) is 1. The van der Waals surface area contributed by atoms with Crippen molar-refractivity contribution in [3.8, 4) is 16.9 Å². The highest BCUT2D eigenvalue weighted by Crippen LogP contribution is 2.33. The Morgan fingerprint density at radius 3 is 2.13 bits per heavy atom. The second kappa shape index (κ2) is 14.4. The van der Waals surface area contributed by atoms with Gasteiger partial charge in [-0.15, -0.1) is 0 Å². The molecule has 0 spiro atoms. The van der Waals surface area contributed by atoms with Crippen LogP contribution in [0.1, 0.15) is 75.5 Å². The van der Waals surface area contributed by atoms with Crippen molar-refractivity contribution in [1.82, 2.24) is 0 Å². The minimum absolute atomic E-state index is 0.0196. The van der Waals surface area contributed by atoms with Gasteiger partial charge in [-0.05, 0) is 98.9 Å². The first-order valence-electron chi connectivity index (χ1n) is 14.6. The van der Waals surface area contributed by atoms with Gasteiger partial charge in [-0.3, -0.25) is 0 Å². The average molecular weight is 535 g/mol. The molecular weight excluding hydrogens is 493 g/mol. The summed E-state index contributed by atoms with van der Waals surface area (Å²) in [6.45, 7) is 4.48. The Balaban J connectivity index is 1.27. The van der Waals surface area contributed by atoms with Crippen LogP contribution in [-0.2, 0) is 19.3 Å². The number of halogens is 3. The van der Waals surface area contributed by atoms with Crippen LogP contribution in [0.3, 0.4) is 0 Å². The summed E-state index contributed by atoms with van der Waals surface area (Å²) in [5, 5.41) is 0. The molecule has 1 nitrogen and oxygen atoms in total. The van der Waals surface area contributed by atoms with Gasteiger partial charge in [-0.1, -0.05) is 68.3 Å². The second-order valence-corrected chi connectivity index (χ2v) is 10.8. The minimum Gasteiger partial charge on any atom is -0.494 e. The summed E-state index contributed by atoms with van der Waals surface area (Å²) in [4.78, 5) is 0. The predicted octanol–water partition coefficient (Wildman–Crippen LogP) is 10.1. The molecule has 0 bridgehead atoms. The fraction of sp³-hybridized carbons (Fsp3) is 0.429. The smallest absolute Gasteiger partial charge is 0.167 e. The first-order chi connectivity index (χ1) is 19.0. The summed E-state index contributed by atoms with van der Waals surface area (Å²) in [5.74, 6) is -0.520. The van der Waals surface area contributed by atoms with Gasteiger partial charge in [0.25, 0.3) is 0 Å². The monoisotopic (exact) mass is 534 g/mol. The number of allylic oxidation sites excluding steroid dienone is 2. The molecule has 208 valence electrons. The maximum Gasteiger partial charge on any atom is 0.167 e. The molecule has 1 saturated carbocycles. The van der Waals surface area contributed by atoms with Crippen LogP contribution in [0.15, 0.2) is 66.7 Å². The minimum atomic E-state index is -1.02. The summed E-state index contributed by atoms with van der Waals surface area (Å²) in [5.41, 5.74) is 2.60. The summed E-state index contributed by atoms with van der Waals surface area (Å²) >= 11 is 0. The van der Waals surface area contributed by atoms with E-state index in [4.69, 9.17) is 4.74 Å². The Morgan fingerprint density at radius 2 is 1.46 bits per heavy atom. The lowest BCUT2D eigenvalue weighted by Gasteiger charge is -2.26. The van der Waals surface area contributed by atoms with Crippen molar-refractivity contribution in [2.45, 2.75) is 78.1 Å². The third-order valence-corrected chi connectivity index (χ3v) is 8.01. The van der Waals surface area contributed by atoms with Crippen LogP contribution in [0.4, 0.5) is 13.2 Å². The standard InChI is InChI=1S/C35H41F3O/c1-3-7-25-10-12-26(13-11-25)8-5-6-9-27-14-16-28(17-15-27)18-19-29-20-22-32(35(38)34(29)37)31-23-21-30(39-4-2)24-33(31)36/h5,8,14-17,20-26H,3-4,6-7,9-13,18-19H2,1-2H3/b8-5+. The molecule has 0 radical (unpaired) electrons. The van der Waals surface area contributed by atoms with Gasteiger partial charge in [0.1, 0.15) is 11.6 Å². The zero-order valence-corrected chi connectivity index (χ0v) is 23.3. The summed E-state index contributed by atoms with van der Waals surface area (Å²) < 4.78 is 49.6. The number of hydrogen-bond donors (Lipinski definition) is 0. The highest BCUT2D eigenvalue weighted by atomic mass is 19.2. The maximum absolute atomic E-state index is 14.9. The van der Waals surface area contributed by atoms with Crippen LogP contribution in [0, 0.1) is 29.3 Å². The van der Waals surface area contributed by atoms with Crippen LogP contribution >= 0.6 is 0 Å². The molecule has 0 N–H and O–H groups in total. The molecule has 1 aliphatic rings. The van der Waals surface area contributed by atoms with Gasteiger partial charge in [0.2, 0.25) is 0 Å². The van der Waals surface area contributed by atoms with Crippen molar-refractivity contribution in [1.29, 1.82) is 0 Å². The zero-order chi connectivity index (χ0) is 27.6. The van der Waals surface area contributed by atoms with E-state index in [1.807, 2.05) is 0 Å². The second-order valence-electron chi connectivity index (χ2n) is 10.8. The lowest BCUT2D eigenvalue weighted by atomic mass is 9.80. The third-order valence-electron chi connectivity index (χ3n) is 8.01. The highest BCUT2D eigenvalue weighted by molar-refractivity contribution is 5.66. The molecule has 3 aromatic rings. The van der Waals surface area contributed by atoms with Gasteiger partial charge < -0.3 is 4.74 Å². The quantitative estimate of drug-likeness (QED) is 0.210. The molecule has 0 amide bonds. The average Bonchev–Trinajstić information content (AvgIpc) is 2.94. The topological polar surface area (TPSA) is 9.23 Å². The molecule has 0 heterocycles. The zero-order valence-electron chi connectivity index (χ0n) is 23.3. The van der Waals surface area contributed by atoms with Crippen molar-refractivity contribution < 1.29 is 17.9 Å². The SMILES string of the molecule is CCCC1CCC(/C=C/CCc2ccc(CCc3ccc(-c4ccc(OCC)cc4F)c(F)c3F)cc2)CC1. The molecule has 0 aromatic heterocycles. The van der Waals surface area contributed by atoms with Crippen LogP contribution in [0.2, 0.25) is 0 Å². The van der Waals surface area contributed by atoms with Crippen molar-refractivity contribution in [2.24, 2.45) is 11.8 Å². The molecular formula is C35H41F3O. The van der Waals surface area contributed by atoms with Gasteiger partial charge in [-0.2, -0.15) is 0 Å². The van der Waals surface area contributed by atoms with Crippen molar-refractivity contribution in [3.63, 3.8) is 0 Å². The predicted molar refractivity (Wildman–Crippen MR) is 155 cm³/mol. The lowest BCUT2D eigenvalue weighted by Crippen LogP contribution is -2.12. The number of ether oxygens (including phenoxy) is 1. The molecule has 0 saturated heterocycles. The third kappa shape index (κ3) is 8.00. The van der Waals surface area contributed by atoms with Gasteiger partial charge >= 0.3 is 0 Å². The van der Waals surface area contributed by atoms with Gasteiger partial charge in [0, 0.05) is 17.2 Å². The molecule has 0 atom stereocenters. The summed E-state index contributed by atoms with van der Waals surface area (Å²) in [7, 11) is 0. The number of benzene rings is 3. The Morgan fingerprint density at radius 1 is 0.769 bits per heavy atom. The van der Waals surface area contributed by atoms with E-state index in [0.29, 0.717) is 30.8 Å². The van der Waals surface area contributed by atoms with Gasteiger partial charge in [-0.25, -0.2) is 13.2 Å². The van der Waals surface area contributed by atoms with Crippen LogP contribution < -0.4 is 4.74 Å². The summed E-state index contributed by atoms with van der Waals surface area (Å²) in [6.07, 6.45) is 15.9. The Hall–Kier alpha value is -3.01. The van der Waals surface area contributed by atoms with Crippen molar-refractivity contribution in [2.75, 3.05) is 6.61 Å². The molecule has 1 aliphatic carbocycles. The Bertz CT molecular complexity index is 1220. The molecule has 4 heteroatoms. The van der Waals surface area contributed by atoms with E-state index in [2.05, 4.69) is 43.3 Å². The Labute approximate surface area is 232 Å². The number of rotatable bonds is 12. The molecule has 1 fully saturated rings. The molecule has 3 aromatic carbocycles. The van der Waals surface area contributed by atoms with E-state index >= 15 is 0 Å². The van der Waals surface area contributed by atoms with E-state index in [1.54, 1.807) is 19.1 Å². The van der Waals surface area contributed by atoms with Crippen LogP contribution in [0.5, 0.6) is 5.75 Å². The van der Waals surface area contributed by atoms with Crippen LogP contribution in [-0.4, -0.2) is 6.61 Å².